The van der Waals surface area contributed by atoms with Gasteiger partial charge in [0.25, 0.3) is 0 Å². The molecule has 24 heavy (non-hydrogen) atoms. The first-order chi connectivity index (χ1) is 11.8. The van der Waals surface area contributed by atoms with E-state index in [4.69, 9.17) is 18.9 Å². The van der Waals surface area contributed by atoms with Crippen molar-refractivity contribution in [2.45, 2.75) is 25.0 Å². The second kappa shape index (κ2) is 8.26. The van der Waals surface area contributed by atoms with Crippen LogP contribution in [-0.2, 0) is 0 Å². The van der Waals surface area contributed by atoms with Gasteiger partial charge in [0.2, 0.25) is 0 Å². The highest BCUT2D eigenvalue weighted by Crippen LogP contribution is 2.36. The summed E-state index contributed by atoms with van der Waals surface area (Å²) in [5.41, 5.74) is 0. The van der Waals surface area contributed by atoms with E-state index in [0.717, 1.165) is 35.8 Å². The van der Waals surface area contributed by atoms with E-state index in [1.807, 2.05) is 33.7 Å². The Balaban J connectivity index is 0.000000141. The van der Waals surface area contributed by atoms with Crippen molar-refractivity contribution in [3.05, 3.63) is 46.8 Å². The van der Waals surface area contributed by atoms with E-state index >= 15 is 0 Å². The van der Waals surface area contributed by atoms with E-state index in [1.165, 1.54) is 0 Å². The second-order valence-corrected chi connectivity index (χ2v) is 6.84. The number of hydrogen-bond acceptors (Lipinski definition) is 6. The number of rotatable bonds is 4. The SMILES string of the molecule is C=CCC1COc2cscc2O1.C=CCC1COc2cscc2O1. The third-order valence-corrected chi connectivity index (χ3v) is 4.88. The molecule has 0 spiro atoms. The normalized spacial score (nSPS) is 20.5. The summed E-state index contributed by atoms with van der Waals surface area (Å²) in [6.45, 7) is 8.60. The van der Waals surface area contributed by atoms with Gasteiger partial charge in [-0.2, -0.15) is 0 Å². The van der Waals surface area contributed by atoms with Crippen LogP contribution in [0.5, 0.6) is 23.0 Å². The van der Waals surface area contributed by atoms with Crippen LogP contribution < -0.4 is 18.9 Å². The van der Waals surface area contributed by atoms with Crippen LogP contribution >= 0.6 is 22.7 Å². The summed E-state index contributed by atoms with van der Waals surface area (Å²) in [5.74, 6) is 3.50. The van der Waals surface area contributed by atoms with Gasteiger partial charge in [-0.3, -0.25) is 0 Å². The molecule has 2 aromatic rings. The number of ether oxygens (including phenoxy) is 4. The van der Waals surface area contributed by atoms with Gasteiger partial charge in [-0.1, -0.05) is 12.2 Å². The summed E-state index contributed by atoms with van der Waals surface area (Å²) in [6, 6.07) is 0. The Morgan fingerprint density at radius 2 is 1.21 bits per heavy atom. The molecule has 0 aliphatic carbocycles. The Labute approximate surface area is 149 Å². The van der Waals surface area contributed by atoms with Gasteiger partial charge in [0.15, 0.2) is 23.0 Å². The lowest BCUT2D eigenvalue weighted by Crippen LogP contribution is -2.27. The molecule has 2 unspecified atom stereocenters. The van der Waals surface area contributed by atoms with Crippen LogP contribution in [0.25, 0.3) is 0 Å². The molecule has 0 N–H and O–H groups in total. The van der Waals surface area contributed by atoms with Crippen molar-refractivity contribution in [2.75, 3.05) is 13.2 Å². The lowest BCUT2D eigenvalue weighted by Gasteiger charge is -2.23. The van der Waals surface area contributed by atoms with Crippen molar-refractivity contribution in [2.24, 2.45) is 0 Å². The van der Waals surface area contributed by atoms with E-state index < -0.39 is 0 Å². The summed E-state index contributed by atoms with van der Waals surface area (Å²) >= 11 is 3.20. The minimum Gasteiger partial charge on any atom is -0.485 e. The quantitative estimate of drug-likeness (QED) is 0.721. The number of thiophene rings is 2. The Kier molecular flexibility index (Phi) is 5.82. The van der Waals surface area contributed by atoms with Crippen LogP contribution in [0.3, 0.4) is 0 Å². The predicted molar refractivity (Wildman–Crippen MR) is 98.1 cm³/mol. The van der Waals surface area contributed by atoms with Gasteiger partial charge in [0, 0.05) is 34.4 Å². The largest absolute Gasteiger partial charge is 0.485 e. The lowest BCUT2D eigenvalue weighted by atomic mass is 10.2. The molecule has 2 aromatic heterocycles. The molecule has 4 heterocycles. The van der Waals surface area contributed by atoms with Gasteiger partial charge in [0.05, 0.1) is 0 Å². The molecule has 0 aromatic carbocycles. The third kappa shape index (κ3) is 4.13. The summed E-state index contributed by atoms with van der Waals surface area (Å²) in [7, 11) is 0. The maximum Gasteiger partial charge on any atom is 0.172 e. The molecule has 6 heteroatoms. The minimum absolute atomic E-state index is 0.143. The first kappa shape index (κ1) is 16.9. The van der Waals surface area contributed by atoms with Crippen molar-refractivity contribution in [3.8, 4) is 23.0 Å². The molecular formula is C18H20O4S2. The van der Waals surface area contributed by atoms with Crippen molar-refractivity contribution in [1.82, 2.24) is 0 Å². The zero-order valence-electron chi connectivity index (χ0n) is 13.3. The average Bonchev–Trinajstić information content (AvgIpc) is 3.24. The van der Waals surface area contributed by atoms with Crippen molar-refractivity contribution in [1.29, 1.82) is 0 Å². The molecule has 0 radical (unpaired) electrons. The van der Waals surface area contributed by atoms with Crippen molar-refractivity contribution >= 4 is 22.7 Å². The van der Waals surface area contributed by atoms with Crippen LogP contribution in [0, 0.1) is 0 Å². The Hall–Kier alpha value is -1.92. The lowest BCUT2D eigenvalue weighted by molar-refractivity contribution is 0.0946. The van der Waals surface area contributed by atoms with E-state index in [1.54, 1.807) is 22.7 Å². The fourth-order valence-corrected chi connectivity index (χ4v) is 3.67. The van der Waals surface area contributed by atoms with Gasteiger partial charge in [-0.05, 0) is 0 Å². The molecule has 2 aliphatic heterocycles. The smallest absolute Gasteiger partial charge is 0.172 e. The molecule has 0 bridgehead atoms. The van der Waals surface area contributed by atoms with E-state index in [9.17, 15) is 0 Å². The van der Waals surface area contributed by atoms with Crippen LogP contribution in [0.15, 0.2) is 46.8 Å². The van der Waals surface area contributed by atoms with Crippen molar-refractivity contribution < 1.29 is 18.9 Å². The molecule has 128 valence electrons. The van der Waals surface area contributed by atoms with E-state index in [-0.39, 0.29) is 12.2 Å². The van der Waals surface area contributed by atoms with Crippen LogP contribution in [-0.4, -0.2) is 25.4 Å². The van der Waals surface area contributed by atoms with E-state index in [0.29, 0.717) is 13.2 Å². The average molecular weight is 364 g/mol. The minimum atomic E-state index is 0.143. The summed E-state index contributed by atoms with van der Waals surface area (Å²) in [5, 5.41) is 7.84. The van der Waals surface area contributed by atoms with Crippen molar-refractivity contribution in [3.63, 3.8) is 0 Å². The molecule has 0 saturated carbocycles. The molecule has 0 fully saturated rings. The number of fused-ring (bicyclic) bond motifs is 2. The highest BCUT2D eigenvalue weighted by atomic mass is 32.1. The summed E-state index contributed by atoms with van der Waals surface area (Å²) in [4.78, 5) is 0. The van der Waals surface area contributed by atoms with Gasteiger partial charge in [-0.15, -0.1) is 35.8 Å². The third-order valence-electron chi connectivity index (χ3n) is 3.48. The van der Waals surface area contributed by atoms with Gasteiger partial charge in [-0.25, -0.2) is 0 Å². The highest BCUT2D eigenvalue weighted by molar-refractivity contribution is 7.08. The fourth-order valence-electron chi connectivity index (χ4n) is 2.33. The van der Waals surface area contributed by atoms with Gasteiger partial charge in [0.1, 0.15) is 25.4 Å². The standard InChI is InChI=1S/2C9H10O2S/c2*1-2-3-7-4-10-8-5-12-6-9(8)11-7/h2*2,5-7H,1,3-4H2. The highest BCUT2D eigenvalue weighted by Gasteiger charge is 2.20. The van der Waals surface area contributed by atoms with E-state index in [2.05, 4.69) is 13.2 Å². The Morgan fingerprint density at radius 1 is 0.792 bits per heavy atom. The van der Waals surface area contributed by atoms with Crippen LogP contribution in [0.1, 0.15) is 12.8 Å². The predicted octanol–water partition coefficient (Wildman–Crippen LogP) is 4.93. The maximum atomic E-state index is 5.63. The molecule has 4 rings (SSSR count). The van der Waals surface area contributed by atoms with Gasteiger partial charge >= 0.3 is 0 Å². The Bertz CT molecular complexity index is 618. The monoisotopic (exact) mass is 364 g/mol. The number of hydrogen-bond donors (Lipinski definition) is 0. The van der Waals surface area contributed by atoms with Crippen LogP contribution in [0.2, 0.25) is 0 Å². The molecule has 2 aliphatic rings. The first-order valence-corrected chi connectivity index (χ1v) is 9.61. The second-order valence-electron chi connectivity index (χ2n) is 5.35. The topological polar surface area (TPSA) is 36.9 Å². The molecule has 4 nitrogen and oxygen atoms in total. The maximum absolute atomic E-state index is 5.63. The molecule has 0 saturated heterocycles. The summed E-state index contributed by atoms with van der Waals surface area (Å²) < 4.78 is 22.2. The fraction of sp³-hybridized carbons (Fsp3) is 0.333. The summed E-state index contributed by atoms with van der Waals surface area (Å²) in [6.07, 6.45) is 5.68. The Morgan fingerprint density at radius 3 is 1.62 bits per heavy atom. The van der Waals surface area contributed by atoms with Gasteiger partial charge < -0.3 is 18.9 Å². The molecular weight excluding hydrogens is 344 g/mol. The molecule has 0 amide bonds. The van der Waals surface area contributed by atoms with Crippen LogP contribution in [0.4, 0.5) is 0 Å². The first-order valence-electron chi connectivity index (χ1n) is 7.73. The zero-order chi connectivity index (χ0) is 16.8. The zero-order valence-corrected chi connectivity index (χ0v) is 14.9. The molecule has 2 atom stereocenters.